The summed E-state index contributed by atoms with van der Waals surface area (Å²) in [6, 6.07) is 10.1. The average molecular weight is 536 g/mol. The van der Waals surface area contributed by atoms with Gasteiger partial charge in [0.1, 0.15) is 11.5 Å². The Labute approximate surface area is 218 Å². The maximum absolute atomic E-state index is 13.2. The maximum atomic E-state index is 13.2. The number of ether oxygens (including phenoxy) is 1. The number of rotatable bonds is 8. The number of fused-ring (bicyclic) bond motifs is 1. The summed E-state index contributed by atoms with van der Waals surface area (Å²) in [6.07, 6.45) is 1.23. The van der Waals surface area contributed by atoms with E-state index in [1.165, 1.54) is 12.1 Å². The van der Waals surface area contributed by atoms with Crippen LogP contribution in [0.15, 0.2) is 41.3 Å². The number of halogens is 1. The molecule has 0 bridgehead atoms. The Balaban J connectivity index is 1.82. The molecule has 1 aliphatic heterocycles. The zero-order valence-corrected chi connectivity index (χ0v) is 22.9. The van der Waals surface area contributed by atoms with E-state index in [-0.39, 0.29) is 10.8 Å². The molecule has 1 aliphatic rings. The normalized spacial score (nSPS) is 13.6. The summed E-state index contributed by atoms with van der Waals surface area (Å²) < 4.78 is 31.8. The summed E-state index contributed by atoms with van der Waals surface area (Å²) in [5.41, 5.74) is 7.17. The average Bonchev–Trinajstić information content (AvgIpc) is 3.19. The van der Waals surface area contributed by atoms with Gasteiger partial charge in [0.15, 0.2) is 9.84 Å². The van der Waals surface area contributed by atoms with Crippen LogP contribution in [-0.4, -0.2) is 38.4 Å². The highest BCUT2D eigenvalue weighted by molar-refractivity contribution is 7.91. The SMILES string of the molecule is CC(C)CCC(=O)NNCS(=O)(=O)c1ccc(Cl)cc1-c1ccc2c(c1)CCN2C(=O)OC(C)(C)C. The molecule has 196 valence electrons. The summed E-state index contributed by atoms with van der Waals surface area (Å²) in [4.78, 5) is 26.2. The highest BCUT2D eigenvalue weighted by Gasteiger charge is 2.29. The number of nitrogens with zero attached hydrogens (tertiary/aromatic N) is 1. The first-order chi connectivity index (χ1) is 16.8. The second kappa shape index (κ2) is 11.2. The van der Waals surface area contributed by atoms with Crippen molar-refractivity contribution < 1.29 is 22.7 Å². The number of benzene rings is 2. The second-order valence-electron chi connectivity index (χ2n) is 10.3. The molecule has 2 amide bonds. The van der Waals surface area contributed by atoms with Crippen molar-refractivity contribution in [1.82, 2.24) is 10.9 Å². The Bertz CT molecular complexity index is 1240. The van der Waals surface area contributed by atoms with Crippen LogP contribution in [-0.2, 0) is 25.8 Å². The molecule has 2 aromatic carbocycles. The van der Waals surface area contributed by atoms with Crippen molar-refractivity contribution in [3.05, 3.63) is 47.0 Å². The van der Waals surface area contributed by atoms with E-state index in [0.29, 0.717) is 47.9 Å². The molecular formula is C26H34ClN3O5S. The smallest absolute Gasteiger partial charge is 0.414 e. The number of amides is 2. The molecule has 0 atom stereocenters. The lowest BCUT2D eigenvalue weighted by Gasteiger charge is -2.24. The molecule has 10 heteroatoms. The van der Waals surface area contributed by atoms with Crippen LogP contribution in [0.5, 0.6) is 0 Å². The van der Waals surface area contributed by atoms with Gasteiger partial charge in [-0.1, -0.05) is 31.5 Å². The van der Waals surface area contributed by atoms with E-state index in [9.17, 15) is 18.0 Å². The minimum Gasteiger partial charge on any atom is -0.443 e. The summed E-state index contributed by atoms with van der Waals surface area (Å²) in [5.74, 6) is -0.352. The van der Waals surface area contributed by atoms with Crippen molar-refractivity contribution in [2.75, 3.05) is 17.3 Å². The molecule has 0 spiro atoms. The zero-order chi connectivity index (χ0) is 26.7. The van der Waals surface area contributed by atoms with E-state index in [4.69, 9.17) is 16.3 Å². The fraction of sp³-hybridized carbons (Fsp3) is 0.462. The predicted octanol–water partition coefficient (Wildman–Crippen LogP) is 5.09. The van der Waals surface area contributed by atoms with Gasteiger partial charge in [0.2, 0.25) is 5.91 Å². The first kappa shape index (κ1) is 28.0. The maximum Gasteiger partial charge on any atom is 0.414 e. The number of anilines is 1. The van der Waals surface area contributed by atoms with Gasteiger partial charge in [0.05, 0.1) is 10.6 Å². The minimum atomic E-state index is -3.81. The lowest BCUT2D eigenvalue weighted by Crippen LogP contribution is -2.40. The van der Waals surface area contributed by atoms with Gasteiger partial charge >= 0.3 is 6.09 Å². The highest BCUT2D eigenvalue weighted by Crippen LogP contribution is 2.36. The number of hydrogen-bond acceptors (Lipinski definition) is 6. The van der Waals surface area contributed by atoms with E-state index in [0.717, 1.165) is 11.3 Å². The van der Waals surface area contributed by atoms with Gasteiger partial charge in [0, 0.05) is 23.6 Å². The zero-order valence-electron chi connectivity index (χ0n) is 21.4. The van der Waals surface area contributed by atoms with Crippen molar-refractivity contribution in [2.45, 2.75) is 64.4 Å². The first-order valence-electron chi connectivity index (χ1n) is 11.9. The van der Waals surface area contributed by atoms with Crippen molar-refractivity contribution in [1.29, 1.82) is 0 Å². The predicted molar refractivity (Wildman–Crippen MR) is 142 cm³/mol. The summed E-state index contributed by atoms with van der Waals surface area (Å²) in [5, 5.41) is 0.398. The molecule has 3 rings (SSSR count). The highest BCUT2D eigenvalue weighted by atomic mass is 35.5. The molecule has 8 nitrogen and oxygen atoms in total. The topological polar surface area (TPSA) is 105 Å². The van der Waals surface area contributed by atoms with Gasteiger partial charge < -0.3 is 4.74 Å². The third kappa shape index (κ3) is 7.21. The Kier molecular flexibility index (Phi) is 8.69. The van der Waals surface area contributed by atoms with E-state index in [1.54, 1.807) is 23.1 Å². The number of hydrogen-bond donors (Lipinski definition) is 2. The van der Waals surface area contributed by atoms with Crippen molar-refractivity contribution in [3.63, 3.8) is 0 Å². The van der Waals surface area contributed by atoms with Gasteiger partial charge in [0.25, 0.3) is 0 Å². The largest absolute Gasteiger partial charge is 0.443 e. The van der Waals surface area contributed by atoms with Crippen molar-refractivity contribution in [2.24, 2.45) is 5.92 Å². The Morgan fingerprint density at radius 2 is 1.86 bits per heavy atom. The van der Waals surface area contributed by atoms with Gasteiger partial charge in [-0.2, -0.15) is 0 Å². The number of carbonyl (C=O) groups is 2. The monoisotopic (exact) mass is 535 g/mol. The molecule has 0 aromatic heterocycles. The van der Waals surface area contributed by atoms with E-state index in [2.05, 4.69) is 10.9 Å². The number of carbonyl (C=O) groups excluding carboxylic acids is 2. The third-order valence-corrected chi connectivity index (χ3v) is 7.40. The quantitative estimate of drug-likeness (QED) is 0.456. The summed E-state index contributed by atoms with van der Waals surface area (Å²) >= 11 is 6.23. The van der Waals surface area contributed by atoms with Gasteiger partial charge in [-0.3, -0.25) is 15.1 Å². The van der Waals surface area contributed by atoms with Crippen LogP contribution in [0.3, 0.4) is 0 Å². The Hall–Kier alpha value is -2.62. The van der Waals surface area contributed by atoms with Crippen molar-refractivity contribution >= 4 is 39.1 Å². The van der Waals surface area contributed by atoms with Gasteiger partial charge in [-0.25, -0.2) is 18.6 Å². The van der Waals surface area contributed by atoms with Crippen LogP contribution in [0.25, 0.3) is 11.1 Å². The number of hydrazine groups is 1. The van der Waals surface area contributed by atoms with E-state index < -0.39 is 27.4 Å². The van der Waals surface area contributed by atoms with E-state index >= 15 is 0 Å². The molecule has 0 saturated carbocycles. The molecule has 0 saturated heterocycles. The number of sulfone groups is 1. The minimum absolute atomic E-state index is 0.0952. The second-order valence-corrected chi connectivity index (χ2v) is 12.7. The molecule has 0 radical (unpaired) electrons. The van der Waals surface area contributed by atoms with E-state index in [1.807, 2.05) is 40.7 Å². The Morgan fingerprint density at radius 3 is 2.53 bits per heavy atom. The van der Waals surface area contributed by atoms with Gasteiger partial charge in [-0.15, -0.1) is 0 Å². The summed E-state index contributed by atoms with van der Waals surface area (Å²) in [7, 11) is -3.81. The Morgan fingerprint density at radius 1 is 1.14 bits per heavy atom. The molecule has 0 fully saturated rings. The lowest BCUT2D eigenvalue weighted by molar-refractivity contribution is -0.122. The van der Waals surface area contributed by atoms with Crippen LogP contribution in [0.2, 0.25) is 5.02 Å². The van der Waals surface area contributed by atoms with Crippen LogP contribution in [0, 0.1) is 5.92 Å². The molecule has 0 aliphatic carbocycles. The first-order valence-corrected chi connectivity index (χ1v) is 14.0. The molecule has 0 unspecified atom stereocenters. The molecule has 2 aromatic rings. The fourth-order valence-corrected chi connectivity index (χ4v) is 5.24. The van der Waals surface area contributed by atoms with Crippen LogP contribution in [0.1, 0.15) is 53.0 Å². The molecular weight excluding hydrogens is 502 g/mol. The van der Waals surface area contributed by atoms with Gasteiger partial charge in [-0.05, 0) is 81.0 Å². The fourth-order valence-electron chi connectivity index (χ4n) is 3.86. The third-order valence-electron chi connectivity index (χ3n) is 5.62. The molecule has 1 heterocycles. The molecule has 2 N–H and O–H groups in total. The number of nitrogens with one attached hydrogen (secondary N) is 2. The summed E-state index contributed by atoms with van der Waals surface area (Å²) in [6.45, 7) is 9.96. The van der Waals surface area contributed by atoms with Crippen LogP contribution < -0.4 is 15.8 Å². The lowest BCUT2D eigenvalue weighted by atomic mass is 10.0. The standard InChI is InChI=1S/C26H34ClN3O5S/c1-17(2)6-11-24(31)29-28-16-36(33,34)23-10-8-20(27)15-21(23)18-7-9-22-19(14-18)12-13-30(22)25(32)35-26(3,4)5/h7-10,14-15,17,28H,6,11-13,16H2,1-5H3,(H,29,31). The van der Waals surface area contributed by atoms with Crippen molar-refractivity contribution in [3.8, 4) is 11.1 Å². The van der Waals surface area contributed by atoms with Crippen LogP contribution >= 0.6 is 11.6 Å². The van der Waals surface area contributed by atoms with Crippen LogP contribution in [0.4, 0.5) is 10.5 Å². The molecule has 36 heavy (non-hydrogen) atoms.